The van der Waals surface area contributed by atoms with E-state index in [1.54, 1.807) is 19.1 Å². The molecule has 0 aromatic heterocycles. The summed E-state index contributed by atoms with van der Waals surface area (Å²) in [5, 5.41) is 31.7. The number of hydrogen-bond acceptors (Lipinski definition) is 13. The summed E-state index contributed by atoms with van der Waals surface area (Å²) < 4.78 is -2.28. The average molecular weight is 1400 g/mol. The van der Waals surface area contributed by atoms with Crippen LogP contribution in [0.3, 0.4) is 0 Å². The molecule has 0 amide bonds. The van der Waals surface area contributed by atoms with Crippen LogP contribution in [0.1, 0.15) is 95.7 Å². The van der Waals surface area contributed by atoms with Gasteiger partial charge in [0, 0.05) is 99.0 Å². The number of carboxylic acid groups (broad SMARTS) is 1. The van der Waals surface area contributed by atoms with Crippen LogP contribution in [0.25, 0.3) is 0 Å². The van der Waals surface area contributed by atoms with Crippen LogP contribution in [0.4, 0.5) is 0 Å². The van der Waals surface area contributed by atoms with Crippen LogP contribution in [0.5, 0.6) is 0 Å². The number of aliphatic hydroxyl groups excluding tert-OH is 1. The molecule has 490 valence electrons. The Morgan fingerprint density at radius 3 is 0.809 bits per heavy atom. The number of aliphatic hydroxyl groups is 1. The van der Waals surface area contributed by atoms with Crippen molar-refractivity contribution in [2.24, 2.45) is 0 Å². The fraction of sp³-hybridized carbons (Fsp3) is 0.443. The van der Waals surface area contributed by atoms with Crippen molar-refractivity contribution in [1.82, 2.24) is 29.4 Å². The molecule has 19 heteroatoms. The maximum Gasteiger partial charge on any atom is 2.00 e. The summed E-state index contributed by atoms with van der Waals surface area (Å²) in [6.45, 7) is 30.2. The summed E-state index contributed by atoms with van der Waals surface area (Å²) in [4.78, 5) is 26.2. The first kappa shape index (κ1) is 84.9. The molecule has 1 N–H and O–H groups in total. The Morgan fingerprint density at radius 2 is 0.652 bits per heavy atom. The summed E-state index contributed by atoms with van der Waals surface area (Å²) in [6.07, 6.45) is -1.22. The maximum atomic E-state index is 9.51. The normalized spacial score (nSPS) is 14.8. The zero-order chi connectivity index (χ0) is 65.5. The number of benzene rings is 6. The summed E-state index contributed by atoms with van der Waals surface area (Å²) in [7, 11) is 13.4. The molecule has 0 atom stereocenters. The minimum Gasteiger partial charge on any atom is -0.779 e. The van der Waals surface area contributed by atoms with Gasteiger partial charge in [-0.3, -0.25) is 0 Å². The second-order valence-electron chi connectivity index (χ2n) is 24.4. The summed E-state index contributed by atoms with van der Waals surface area (Å²) >= 11 is 26.5. The van der Waals surface area contributed by atoms with Crippen molar-refractivity contribution in [3.8, 4) is 12.1 Å². The number of halogens is 3. The average Bonchev–Trinajstić information content (AvgIpc) is 0.847. The van der Waals surface area contributed by atoms with Crippen LogP contribution in [-0.2, 0) is 100 Å². The Kier molecular flexibility index (Phi) is 40.9. The number of rotatable bonds is 4. The predicted octanol–water partition coefficient (Wildman–Crippen LogP) is 9.62. The van der Waals surface area contributed by atoms with E-state index in [9.17, 15) is 9.90 Å². The topological polar surface area (TPSA) is 127 Å². The molecule has 0 spiro atoms. The van der Waals surface area contributed by atoms with Crippen molar-refractivity contribution in [2.45, 2.75) is 113 Å². The number of fused-ring (bicyclic) bond motifs is 4. The number of carbonyl (C=O) groups excluding carboxylic acids is 1. The van der Waals surface area contributed by atoms with Gasteiger partial charge in [-0.05, 0) is 71.2 Å². The van der Waals surface area contributed by atoms with Crippen LogP contribution in [0.15, 0.2) is 155 Å². The van der Waals surface area contributed by atoms with Crippen LogP contribution in [0, 0.1) is 22.7 Å². The number of likely N-dealkylation sites (N-methyl/N-ethyl adjacent to an activating group) is 6. The first-order valence-corrected chi connectivity index (χ1v) is 31.6. The van der Waals surface area contributed by atoms with E-state index in [0.29, 0.717) is 0 Å². The molecule has 0 unspecified atom stereocenters. The molecule has 7 rings (SSSR count). The van der Waals surface area contributed by atoms with Gasteiger partial charge in [0.1, 0.15) is 6.15 Å². The van der Waals surface area contributed by atoms with Crippen molar-refractivity contribution >= 4 is 94.0 Å². The molecule has 1 aliphatic heterocycles. The van der Waals surface area contributed by atoms with Crippen molar-refractivity contribution in [3.05, 3.63) is 179 Å². The summed E-state index contributed by atoms with van der Waals surface area (Å²) in [5.41, 5.74) is 13.4. The molecule has 1 heterocycles. The Morgan fingerprint density at radius 1 is 0.483 bits per heavy atom. The summed E-state index contributed by atoms with van der Waals surface area (Å²) in [5.74, 6) is -1.71. The fourth-order valence-corrected chi connectivity index (χ4v) is 10.5. The number of nitriles is 2. The van der Waals surface area contributed by atoms with Gasteiger partial charge in [0.15, 0.2) is 0 Å². The zero-order valence-corrected chi connectivity index (χ0v) is 60.9. The number of nitrogens with zero attached hydrogens (tertiary/aromatic N) is 8. The van der Waals surface area contributed by atoms with Crippen LogP contribution >= 0.6 is 34.8 Å². The second-order valence-corrected chi connectivity index (χ2v) is 27.5. The number of carboxylic acids is 1. The monoisotopic (exact) mass is 1390 g/mol. The smallest absolute Gasteiger partial charge is 0.779 e. The number of alkyl halides is 3. The van der Waals surface area contributed by atoms with E-state index in [4.69, 9.17) is 75.7 Å². The van der Waals surface area contributed by atoms with E-state index < -0.39 is 15.9 Å². The molecule has 6 aromatic carbocycles. The van der Waals surface area contributed by atoms with Gasteiger partial charge in [-0.1, -0.05) is 244 Å². The largest absolute Gasteiger partial charge is 2.00 e. The van der Waals surface area contributed by atoms with E-state index in [-0.39, 0.29) is 50.4 Å². The third-order valence-electron chi connectivity index (χ3n) is 14.9. The van der Waals surface area contributed by atoms with E-state index in [1.165, 1.54) is 69.1 Å². The molecule has 0 saturated heterocycles. The molecule has 1 aliphatic rings. The Hall–Kier alpha value is -4.15. The van der Waals surface area contributed by atoms with Gasteiger partial charge in [-0.2, -0.15) is 42.2 Å². The Labute approximate surface area is 582 Å². The minimum atomic E-state index is -2.28. The summed E-state index contributed by atoms with van der Waals surface area (Å²) in [6, 6.07) is 56.5. The van der Waals surface area contributed by atoms with Gasteiger partial charge in [0.2, 0.25) is 3.79 Å². The fourth-order valence-electron chi connectivity index (χ4n) is 10.0. The molecule has 0 aliphatic carbocycles. The van der Waals surface area contributed by atoms with Crippen molar-refractivity contribution in [3.63, 3.8) is 0 Å². The van der Waals surface area contributed by atoms with E-state index in [1.807, 2.05) is 0 Å². The van der Waals surface area contributed by atoms with Crippen molar-refractivity contribution < 1.29 is 48.0 Å². The number of hydrogen-bond donors (Lipinski definition) is 1. The van der Waals surface area contributed by atoms with Gasteiger partial charge >= 0.3 is 33.0 Å². The third-order valence-corrected chi connectivity index (χ3v) is 16.4. The predicted molar refractivity (Wildman–Crippen MR) is 373 cm³/mol. The molecule has 6 aromatic rings. The zero-order valence-electron chi connectivity index (χ0n) is 55.1. The van der Waals surface area contributed by atoms with Crippen LogP contribution in [-0.4, -0.2) is 152 Å². The van der Waals surface area contributed by atoms with Crippen molar-refractivity contribution in [2.75, 3.05) is 101 Å². The standard InChI is InChI=1S/C38H66N6S2.C24H20B.C2HCl3O2.2C2H3N.C2H6O.2Ni/c1-37(2,3)33-21-29-25-41(9)17-13-39(7)15-19-43(11)27-31-23-34(38(4,5)6)24-32(36(31)46)28-44(12)20-16-40(8)14-18-42(10)26-30(22-33)35(29)45;1-5-13-21(14-6-1)25(22-15-7-2-8-16-22,23-17-9-3-10-18-23)24-19-11-4-12-20-24;3-2(4,5)1(6)7;3*1-2-3;;/h21-24,45-46H,13-20,25-28H2,1-12H3;1-20H;(H,6,7);2*1H3;3H,2H2,1H3;;/q;-1;;;;;2*+2/p-3. The Balaban J connectivity index is 0.00000149. The first-order chi connectivity index (χ1) is 40.9. The van der Waals surface area contributed by atoms with Gasteiger partial charge in [0.25, 0.3) is 0 Å². The quantitative estimate of drug-likeness (QED) is 0.102. The molecular formula is C70H96BCl3N8Ni2O3S2. The SMILES string of the molecule is CC#N.CC#N.CCO.CN1CCN(C)Cc2cc(C(C)(C)C)cc(c2[S-])CN(C)CCN(C)CCN(C)Cc2cc(C(C)(C)C)cc(c2[S-])CN(C)CC1.O=C([O-])C(Cl)(Cl)Cl.[Ni+2].[Ni+2].c1ccc([B-](c2ccccc2)(c2ccccc2)c2ccccc2)cc1. The van der Waals surface area contributed by atoms with Crippen LogP contribution in [0.2, 0.25) is 0 Å². The number of carbonyl (C=O) groups is 1. The van der Waals surface area contributed by atoms with Gasteiger partial charge < -0.3 is 69.7 Å². The van der Waals surface area contributed by atoms with Crippen molar-refractivity contribution in [1.29, 1.82) is 10.5 Å². The maximum absolute atomic E-state index is 9.51. The van der Waals surface area contributed by atoms with Crippen LogP contribution < -0.4 is 27.0 Å². The number of aliphatic carboxylic acids is 1. The molecule has 89 heavy (non-hydrogen) atoms. The first-order valence-electron chi connectivity index (χ1n) is 29.6. The molecule has 0 fully saturated rings. The van der Waals surface area contributed by atoms with E-state index >= 15 is 0 Å². The van der Waals surface area contributed by atoms with Gasteiger partial charge in [-0.15, -0.1) is 0 Å². The molecule has 11 nitrogen and oxygen atoms in total. The third kappa shape index (κ3) is 29.6. The molecular weight excluding hydrogens is 1300 g/mol. The van der Waals surface area contributed by atoms with Gasteiger partial charge in [0.05, 0.1) is 18.1 Å². The molecule has 4 bridgehead atoms. The van der Waals surface area contributed by atoms with E-state index in [0.717, 1.165) is 88.3 Å². The molecule has 0 saturated carbocycles. The Bertz CT molecular complexity index is 2680. The minimum absolute atomic E-state index is 0. The second kappa shape index (κ2) is 42.9. The van der Waals surface area contributed by atoms with E-state index in [2.05, 4.69) is 259 Å². The van der Waals surface area contributed by atoms with Gasteiger partial charge in [-0.25, -0.2) is 0 Å². The molecule has 0 radical (unpaired) electrons.